The van der Waals surface area contributed by atoms with Crippen LogP contribution >= 0.6 is 15.9 Å². The molecule has 0 saturated carbocycles. The van der Waals surface area contributed by atoms with Gasteiger partial charge in [0.25, 0.3) is 11.8 Å². The lowest BCUT2D eigenvalue weighted by Gasteiger charge is -2.39. The fourth-order valence-corrected chi connectivity index (χ4v) is 13.1. The highest BCUT2D eigenvalue weighted by molar-refractivity contribution is 9.10. The molecule has 0 unspecified atom stereocenters. The molecule has 3 amide bonds. The summed E-state index contributed by atoms with van der Waals surface area (Å²) in [5, 5.41) is 13.3. The van der Waals surface area contributed by atoms with Crippen LogP contribution in [0.2, 0.25) is 18.6 Å². The minimum atomic E-state index is -2.97. The van der Waals surface area contributed by atoms with Crippen LogP contribution in [-0.4, -0.2) is 91.4 Å². The number of aliphatic hydroxyl groups excluding tert-OH is 1. The summed E-state index contributed by atoms with van der Waals surface area (Å²) in [4.78, 5) is 62.2. The highest BCUT2D eigenvalue weighted by atomic mass is 79.9. The molecule has 5 aliphatic rings. The number of hydrogen-bond donors (Lipinski definition) is 3. The minimum Gasteiger partial charge on any atom is -0.432 e. The molecule has 0 aromatic heterocycles. The molecule has 286 valence electrons. The minimum absolute atomic E-state index is 0.0387. The maximum atomic E-state index is 15.0. The number of benzene rings is 3. The average Bonchev–Trinajstić information content (AvgIpc) is 3.89. The molecule has 3 aromatic carbocycles. The SMILES string of the molecule is C[C@H]1[C@H]([Si](C)(C)O)[C@@H](CC(=O)N2CCC[C@H]2CO)O[C@]12C(=O)N(Cc1ccc(N3CN(c4ccccc4)C4(CCNCC4)C3=O)cc1)c1ccc(Br)cc12. The van der Waals surface area contributed by atoms with Crippen molar-refractivity contribution in [2.24, 2.45) is 5.92 Å². The lowest BCUT2D eigenvalue weighted by molar-refractivity contribution is -0.150. The van der Waals surface area contributed by atoms with Crippen molar-refractivity contribution in [1.82, 2.24) is 10.2 Å². The summed E-state index contributed by atoms with van der Waals surface area (Å²) in [7, 11) is -2.97. The first-order chi connectivity index (χ1) is 25.9. The third-order valence-corrected chi connectivity index (χ3v) is 15.8. The van der Waals surface area contributed by atoms with E-state index < -0.39 is 31.5 Å². The Hall–Kier alpha value is -3.59. The standard InChI is InChI=1S/C41H50BrN5O6Si/c1-27-37(54(2,3)52)35(23-36(49)44-21-7-10-32(44)25-48)53-41(27)33-22-29(42)13-16-34(33)45(39(41)51)24-28-11-14-30(15-12-28)46-26-47(31-8-5-4-6-9-31)40(38(46)50)17-19-43-20-18-40/h4-6,8-9,11-16,22,27,32,35,37,43,48,52H,7,10,17-21,23-26H2,1-3H3/t27-,32-,35+,37-,41+/m0/s1. The zero-order valence-corrected chi connectivity index (χ0v) is 33.8. The number of piperidine rings is 1. The highest BCUT2D eigenvalue weighted by Gasteiger charge is 2.66. The van der Waals surface area contributed by atoms with Gasteiger partial charge in [0.2, 0.25) is 5.91 Å². The van der Waals surface area contributed by atoms with Gasteiger partial charge in [-0.25, -0.2) is 0 Å². The topological polar surface area (TPSA) is 126 Å². The van der Waals surface area contributed by atoms with Crippen LogP contribution in [0.1, 0.15) is 50.2 Å². The number of amides is 3. The number of carbonyl (C=O) groups excluding carboxylic acids is 3. The molecule has 0 radical (unpaired) electrons. The summed E-state index contributed by atoms with van der Waals surface area (Å²) in [6.07, 6.45) is 2.44. The van der Waals surface area contributed by atoms with Gasteiger partial charge < -0.3 is 34.7 Å². The Morgan fingerprint density at radius 1 is 1.00 bits per heavy atom. The smallest absolute Gasteiger partial charge is 0.264 e. The molecular formula is C41H50BrN5O6Si. The molecule has 54 heavy (non-hydrogen) atoms. The molecule has 5 aliphatic heterocycles. The van der Waals surface area contributed by atoms with E-state index in [0.29, 0.717) is 13.2 Å². The van der Waals surface area contributed by atoms with E-state index in [9.17, 15) is 24.3 Å². The molecular weight excluding hydrogens is 766 g/mol. The molecule has 0 aliphatic carbocycles. The van der Waals surface area contributed by atoms with Crippen molar-refractivity contribution in [3.05, 3.63) is 88.4 Å². The first-order valence-corrected chi connectivity index (χ1v) is 23.1. The van der Waals surface area contributed by atoms with Crippen molar-refractivity contribution in [2.75, 3.05) is 47.6 Å². The number of anilines is 3. The second-order valence-electron chi connectivity index (χ2n) is 16.3. The van der Waals surface area contributed by atoms with E-state index in [-0.39, 0.29) is 48.9 Å². The van der Waals surface area contributed by atoms with Crippen LogP contribution in [0.5, 0.6) is 0 Å². The van der Waals surface area contributed by atoms with Gasteiger partial charge in [-0.05, 0) is 99.9 Å². The maximum absolute atomic E-state index is 15.0. The van der Waals surface area contributed by atoms with E-state index in [1.165, 1.54) is 0 Å². The monoisotopic (exact) mass is 815 g/mol. The quantitative estimate of drug-likeness (QED) is 0.269. The number of aliphatic hydroxyl groups is 1. The summed E-state index contributed by atoms with van der Waals surface area (Å²) in [6, 6.07) is 23.6. The third kappa shape index (κ3) is 6.02. The van der Waals surface area contributed by atoms with Crippen molar-refractivity contribution >= 4 is 59.0 Å². The largest absolute Gasteiger partial charge is 0.432 e. The van der Waals surface area contributed by atoms with Crippen molar-refractivity contribution in [2.45, 2.75) is 87.5 Å². The highest BCUT2D eigenvalue weighted by Crippen LogP contribution is 2.60. The summed E-state index contributed by atoms with van der Waals surface area (Å²) in [6.45, 7) is 8.50. The first-order valence-electron chi connectivity index (χ1n) is 19.3. The first kappa shape index (κ1) is 37.3. The van der Waals surface area contributed by atoms with Crippen LogP contribution in [0.3, 0.4) is 0 Å². The van der Waals surface area contributed by atoms with E-state index in [1.54, 1.807) is 9.80 Å². The normalized spacial score (nSPS) is 27.9. The number of hydrogen-bond acceptors (Lipinski definition) is 8. The van der Waals surface area contributed by atoms with Gasteiger partial charge in [0, 0.05) is 39.4 Å². The Bertz CT molecular complexity index is 1920. The molecule has 8 rings (SSSR count). The van der Waals surface area contributed by atoms with Crippen LogP contribution in [0.15, 0.2) is 77.3 Å². The number of fused-ring (bicyclic) bond motifs is 2. The van der Waals surface area contributed by atoms with Gasteiger partial charge in [-0.1, -0.05) is 53.2 Å². The van der Waals surface area contributed by atoms with Crippen LogP contribution in [-0.2, 0) is 31.3 Å². The lowest BCUT2D eigenvalue weighted by Crippen LogP contribution is -2.55. The summed E-state index contributed by atoms with van der Waals surface area (Å²) in [5.41, 5.74) is 1.85. The van der Waals surface area contributed by atoms with E-state index in [0.717, 1.165) is 71.4 Å². The van der Waals surface area contributed by atoms with E-state index in [4.69, 9.17) is 4.74 Å². The molecule has 0 bridgehead atoms. The molecule has 11 nitrogen and oxygen atoms in total. The number of carbonyl (C=O) groups is 3. The third-order valence-electron chi connectivity index (χ3n) is 12.8. The van der Waals surface area contributed by atoms with Gasteiger partial charge in [-0.3, -0.25) is 19.3 Å². The van der Waals surface area contributed by atoms with Crippen molar-refractivity contribution in [1.29, 1.82) is 0 Å². The number of nitrogens with one attached hydrogen (secondary N) is 1. The van der Waals surface area contributed by atoms with Gasteiger partial charge in [-0.2, -0.15) is 0 Å². The van der Waals surface area contributed by atoms with Crippen molar-refractivity contribution < 1.29 is 29.0 Å². The second-order valence-corrected chi connectivity index (χ2v) is 21.2. The number of para-hydroxylation sites is 1. The Kier molecular flexibility index (Phi) is 9.79. The molecule has 13 heteroatoms. The van der Waals surface area contributed by atoms with Gasteiger partial charge in [0.15, 0.2) is 13.9 Å². The number of ether oxygens (including phenoxy) is 1. The van der Waals surface area contributed by atoms with Crippen molar-refractivity contribution in [3.8, 4) is 0 Å². The van der Waals surface area contributed by atoms with Crippen LogP contribution < -0.4 is 20.0 Å². The number of halogens is 1. The molecule has 4 fully saturated rings. The van der Waals surface area contributed by atoms with Crippen LogP contribution in [0, 0.1) is 5.92 Å². The zero-order chi connectivity index (χ0) is 38.0. The van der Waals surface area contributed by atoms with Gasteiger partial charge in [-0.15, -0.1) is 0 Å². The maximum Gasteiger partial charge on any atom is 0.264 e. The van der Waals surface area contributed by atoms with Gasteiger partial charge in [0.1, 0.15) is 5.54 Å². The van der Waals surface area contributed by atoms with Crippen LogP contribution in [0.25, 0.3) is 0 Å². The molecule has 4 saturated heterocycles. The van der Waals surface area contributed by atoms with E-state index >= 15 is 0 Å². The Balaban J connectivity index is 1.07. The Morgan fingerprint density at radius 3 is 2.41 bits per heavy atom. The van der Waals surface area contributed by atoms with E-state index in [2.05, 4.69) is 38.3 Å². The fraction of sp³-hybridized carbons (Fsp3) is 0.488. The van der Waals surface area contributed by atoms with Crippen LogP contribution in [0.4, 0.5) is 17.1 Å². The molecule has 5 heterocycles. The van der Waals surface area contributed by atoms with Gasteiger partial charge in [0.05, 0.1) is 44.1 Å². The Labute approximate surface area is 326 Å². The predicted molar refractivity (Wildman–Crippen MR) is 213 cm³/mol. The number of likely N-dealkylation sites (tertiary alicyclic amines) is 1. The summed E-state index contributed by atoms with van der Waals surface area (Å²) < 4.78 is 7.73. The second kappa shape index (κ2) is 14.2. The average molecular weight is 817 g/mol. The Morgan fingerprint density at radius 2 is 1.72 bits per heavy atom. The number of rotatable bonds is 8. The van der Waals surface area contributed by atoms with Gasteiger partial charge >= 0.3 is 0 Å². The fourth-order valence-electron chi connectivity index (χ4n) is 10.2. The zero-order valence-electron chi connectivity index (χ0n) is 31.2. The van der Waals surface area contributed by atoms with E-state index in [1.807, 2.05) is 85.6 Å². The molecule has 5 atom stereocenters. The summed E-state index contributed by atoms with van der Waals surface area (Å²) >= 11 is 3.63. The summed E-state index contributed by atoms with van der Waals surface area (Å²) in [5.74, 6) is -0.618. The number of nitrogens with zero attached hydrogens (tertiary/aromatic N) is 4. The molecule has 3 aromatic rings. The molecule has 3 N–H and O–H groups in total. The molecule has 2 spiro atoms. The predicted octanol–water partition coefficient (Wildman–Crippen LogP) is 5.10. The van der Waals surface area contributed by atoms with Crippen molar-refractivity contribution in [3.63, 3.8) is 0 Å². The lowest BCUT2D eigenvalue weighted by atomic mass is 9.82.